The molecule has 3 heteroatoms. The van der Waals surface area contributed by atoms with Gasteiger partial charge in [0.15, 0.2) is 0 Å². The van der Waals surface area contributed by atoms with E-state index in [9.17, 15) is 0 Å². The monoisotopic (exact) mass is 262 g/mol. The van der Waals surface area contributed by atoms with E-state index in [0.29, 0.717) is 0 Å². The van der Waals surface area contributed by atoms with Crippen molar-refractivity contribution in [2.75, 3.05) is 0 Å². The maximum absolute atomic E-state index is 4.69. The van der Waals surface area contributed by atoms with Crippen LogP contribution in [0.2, 0.25) is 0 Å². The molecule has 1 unspecified atom stereocenters. The zero-order chi connectivity index (χ0) is 12.4. The van der Waals surface area contributed by atoms with Crippen LogP contribution in [0.5, 0.6) is 0 Å². The van der Waals surface area contributed by atoms with Gasteiger partial charge in [0.05, 0.1) is 17.8 Å². The van der Waals surface area contributed by atoms with Crippen molar-refractivity contribution < 1.29 is 0 Å². The van der Waals surface area contributed by atoms with Crippen LogP contribution in [-0.2, 0) is 0 Å². The van der Waals surface area contributed by atoms with Gasteiger partial charge in [-0.2, -0.15) is 4.40 Å². The Balaban J connectivity index is 1.96. The van der Waals surface area contributed by atoms with E-state index in [1.807, 2.05) is 0 Å². The summed E-state index contributed by atoms with van der Waals surface area (Å²) < 4.78 is 6.94. The van der Waals surface area contributed by atoms with Crippen LogP contribution in [-0.4, -0.2) is 10.0 Å². The highest BCUT2D eigenvalue weighted by atomic mass is 32.2. The fourth-order valence-corrected chi connectivity index (χ4v) is 4.04. The summed E-state index contributed by atoms with van der Waals surface area (Å²) in [4.78, 5) is 0. The Kier molecular flexibility index (Phi) is 1.72. The summed E-state index contributed by atoms with van der Waals surface area (Å²) in [5.74, 6) is 0. The lowest BCUT2D eigenvalue weighted by Gasteiger charge is -2.33. The van der Waals surface area contributed by atoms with E-state index in [4.69, 9.17) is 4.40 Å². The highest BCUT2D eigenvalue weighted by molar-refractivity contribution is 7.96. The average molecular weight is 262 g/mol. The quantitative estimate of drug-likeness (QED) is 0.665. The number of hydrogen-bond acceptors (Lipinski definition) is 3. The number of fused-ring (bicyclic) bond motifs is 3. The van der Waals surface area contributed by atoms with Gasteiger partial charge >= 0.3 is 0 Å². The normalized spacial score (nSPS) is 20.9. The van der Waals surface area contributed by atoms with Gasteiger partial charge in [-0.05, 0) is 28.3 Å². The van der Waals surface area contributed by atoms with Crippen molar-refractivity contribution >= 4 is 23.9 Å². The second kappa shape index (κ2) is 3.31. The minimum Gasteiger partial charge on any atom is -0.291 e. The first-order chi connectivity index (χ1) is 9.43. The van der Waals surface area contributed by atoms with E-state index in [0.717, 1.165) is 0 Å². The van der Waals surface area contributed by atoms with Crippen LogP contribution in [0.25, 0.3) is 17.2 Å². The summed E-state index contributed by atoms with van der Waals surface area (Å²) in [5, 5.41) is 0. The number of rotatable bonds is 0. The third kappa shape index (κ3) is 1.12. The molecule has 0 radical (unpaired) electrons. The molecule has 0 saturated heterocycles. The zero-order valence-electron chi connectivity index (χ0n) is 10.1. The van der Waals surface area contributed by atoms with Crippen LogP contribution in [0.3, 0.4) is 0 Å². The summed E-state index contributed by atoms with van der Waals surface area (Å²) in [6, 6.07) is 15.5. The Hall–Kier alpha value is -2.00. The van der Waals surface area contributed by atoms with E-state index < -0.39 is 0 Å². The Morgan fingerprint density at radius 3 is 2.74 bits per heavy atom. The van der Waals surface area contributed by atoms with Crippen LogP contribution in [0.15, 0.2) is 53.1 Å². The minimum absolute atomic E-state index is 0.288. The molecule has 2 aromatic carbocycles. The predicted molar refractivity (Wildman–Crippen MR) is 79.6 cm³/mol. The van der Waals surface area contributed by atoms with Crippen molar-refractivity contribution in [3.05, 3.63) is 65.4 Å². The molecule has 90 valence electrons. The molecule has 5 rings (SSSR count). The molecule has 2 aromatic rings. The molecule has 0 N–H and O–H groups in total. The van der Waals surface area contributed by atoms with Crippen LogP contribution in [0.4, 0.5) is 0 Å². The largest absolute Gasteiger partial charge is 0.291 e. The third-order valence-corrected chi connectivity index (χ3v) is 4.85. The molecule has 2 heterocycles. The van der Waals surface area contributed by atoms with E-state index in [1.54, 1.807) is 12.1 Å². The van der Waals surface area contributed by atoms with E-state index in [1.165, 1.54) is 33.5 Å². The standard InChI is InChI=1S/C16H10N2S/c1-2-6-13-11(5-1)12-7-3-4-10-8-9-18-16(14(10)12)15(13)17-19-18/h1-9,16H. The zero-order valence-corrected chi connectivity index (χ0v) is 10.9. The van der Waals surface area contributed by atoms with Crippen LogP contribution in [0, 0.1) is 0 Å². The molecule has 0 aromatic heterocycles. The second-order valence-electron chi connectivity index (χ2n) is 4.99. The van der Waals surface area contributed by atoms with Gasteiger partial charge in [0.1, 0.15) is 6.04 Å². The summed E-state index contributed by atoms with van der Waals surface area (Å²) in [7, 11) is 0. The lowest BCUT2D eigenvalue weighted by Crippen LogP contribution is -2.28. The number of benzene rings is 2. The van der Waals surface area contributed by atoms with Crippen molar-refractivity contribution in [2.24, 2.45) is 4.40 Å². The van der Waals surface area contributed by atoms with Gasteiger partial charge in [0.2, 0.25) is 0 Å². The van der Waals surface area contributed by atoms with Crippen molar-refractivity contribution in [3.63, 3.8) is 0 Å². The van der Waals surface area contributed by atoms with E-state index >= 15 is 0 Å². The van der Waals surface area contributed by atoms with Crippen LogP contribution < -0.4 is 0 Å². The molecular weight excluding hydrogens is 252 g/mol. The molecule has 0 spiro atoms. The summed E-state index contributed by atoms with van der Waals surface area (Å²) in [6.45, 7) is 0. The smallest absolute Gasteiger partial charge is 0.111 e. The Bertz CT molecular complexity index is 776. The molecule has 0 fully saturated rings. The van der Waals surface area contributed by atoms with Gasteiger partial charge in [-0.15, -0.1) is 0 Å². The van der Waals surface area contributed by atoms with Gasteiger partial charge in [0, 0.05) is 11.8 Å². The fourth-order valence-electron chi connectivity index (χ4n) is 3.25. The highest BCUT2D eigenvalue weighted by Crippen LogP contribution is 2.50. The lowest BCUT2D eigenvalue weighted by molar-refractivity contribution is 0.575. The van der Waals surface area contributed by atoms with Gasteiger partial charge in [-0.25, -0.2) is 0 Å². The fraction of sp³-hybridized carbons (Fsp3) is 0.0625. The lowest BCUT2D eigenvalue weighted by atomic mass is 9.78. The van der Waals surface area contributed by atoms with Gasteiger partial charge in [0.25, 0.3) is 0 Å². The molecule has 0 amide bonds. The molecule has 19 heavy (non-hydrogen) atoms. The Morgan fingerprint density at radius 1 is 0.947 bits per heavy atom. The van der Waals surface area contributed by atoms with Gasteiger partial charge in [-0.1, -0.05) is 42.5 Å². The highest BCUT2D eigenvalue weighted by Gasteiger charge is 2.40. The Labute approximate surface area is 115 Å². The minimum atomic E-state index is 0.288. The molecule has 1 atom stereocenters. The maximum atomic E-state index is 4.69. The van der Waals surface area contributed by atoms with Gasteiger partial charge < -0.3 is 0 Å². The molecule has 2 aliphatic heterocycles. The number of hydrogen-bond donors (Lipinski definition) is 0. The molecule has 0 bridgehead atoms. The topological polar surface area (TPSA) is 15.6 Å². The first-order valence-electron chi connectivity index (χ1n) is 6.38. The van der Waals surface area contributed by atoms with Crippen molar-refractivity contribution in [1.29, 1.82) is 0 Å². The molecule has 3 aliphatic rings. The molecule has 0 saturated carbocycles. The van der Waals surface area contributed by atoms with Gasteiger partial charge in [-0.3, -0.25) is 4.31 Å². The average Bonchev–Trinajstić information content (AvgIpc) is 2.91. The Morgan fingerprint density at radius 2 is 1.79 bits per heavy atom. The summed E-state index contributed by atoms with van der Waals surface area (Å²) in [6.07, 6.45) is 4.33. The summed E-state index contributed by atoms with van der Waals surface area (Å²) >= 11 is 1.55. The first kappa shape index (κ1) is 9.87. The van der Waals surface area contributed by atoms with Crippen molar-refractivity contribution in [3.8, 4) is 11.1 Å². The predicted octanol–water partition coefficient (Wildman–Crippen LogP) is 4.06. The van der Waals surface area contributed by atoms with E-state index in [-0.39, 0.29) is 6.04 Å². The second-order valence-corrected chi connectivity index (χ2v) is 5.76. The van der Waals surface area contributed by atoms with Crippen LogP contribution >= 0.6 is 12.1 Å². The summed E-state index contributed by atoms with van der Waals surface area (Å²) in [5.41, 5.74) is 7.88. The molecule has 2 nitrogen and oxygen atoms in total. The molecule has 1 aliphatic carbocycles. The van der Waals surface area contributed by atoms with Crippen LogP contribution in [0.1, 0.15) is 22.7 Å². The van der Waals surface area contributed by atoms with Crippen molar-refractivity contribution in [1.82, 2.24) is 4.31 Å². The van der Waals surface area contributed by atoms with E-state index in [2.05, 4.69) is 59.0 Å². The first-order valence-corrected chi connectivity index (χ1v) is 7.11. The number of nitrogens with zero attached hydrogens (tertiary/aromatic N) is 2. The van der Waals surface area contributed by atoms with Crippen molar-refractivity contribution in [2.45, 2.75) is 6.04 Å². The third-order valence-electron chi connectivity index (χ3n) is 4.05. The maximum Gasteiger partial charge on any atom is 0.111 e. The molecular formula is C16H10N2S. The SMILES string of the molecule is C1=CN2SN=C3c4ccccc4-c4cccc1c4C32.